The number of anilines is 1. The Morgan fingerprint density at radius 2 is 1.27 bits per heavy atom. The van der Waals surface area contributed by atoms with Gasteiger partial charge in [-0.1, -0.05) is 6.42 Å². The second-order valence-corrected chi connectivity index (χ2v) is 11.1. The van der Waals surface area contributed by atoms with Crippen molar-refractivity contribution in [1.29, 1.82) is 0 Å². The number of hydrogen-bond acceptors (Lipinski definition) is 6. The molecule has 1 N–H and O–H groups in total. The molecule has 0 aliphatic carbocycles. The Balaban J connectivity index is 1.21. The van der Waals surface area contributed by atoms with Gasteiger partial charge in [-0.2, -0.15) is 4.31 Å². The number of likely N-dealkylation sites (tertiary alicyclic amines) is 1. The van der Waals surface area contributed by atoms with Gasteiger partial charge in [-0.25, -0.2) is 8.42 Å². The summed E-state index contributed by atoms with van der Waals surface area (Å²) in [6, 6.07) is 6.43. The molecule has 0 saturated carbocycles. The molecule has 10 heteroatoms. The van der Waals surface area contributed by atoms with E-state index < -0.39 is 10.0 Å². The third-order valence-electron chi connectivity index (χ3n) is 6.74. The number of piperidine rings is 1. The molecule has 3 heterocycles. The van der Waals surface area contributed by atoms with E-state index in [4.69, 9.17) is 0 Å². The van der Waals surface area contributed by atoms with E-state index in [0.29, 0.717) is 25.3 Å². The lowest BCUT2D eigenvalue weighted by molar-refractivity contribution is -0.132. The molecule has 0 unspecified atom stereocenters. The van der Waals surface area contributed by atoms with Crippen LogP contribution in [0.2, 0.25) is 0 Å². The Bertz CT molecular complexity index is 917. The standard InChI is InChI=1S/C23H35N5O4S/c29-22(18-25-14-16-26(17-15-25)19-23(30)27-10-4-5-11-27)24-20-6-8-21(9-7-20)33(31,32)28-12-2-1-3-13-28/h6-9H,1-5,10-19H2,(H,24,29). The summed E-state index contributed by atoms with van der Waals surface area (Å²) in [6.07, 6.45) is 5.08. The zero-order valence-corrected chi connectivity index (χ0v) is 20.1. The van der Waals surface area contributed by atoms with Crippen LogP contribution in [0.3, 0.4) is 0 Å². The zero-order valence-electron chi connectivity index (χ0n) is 19.2. The maximum atomic E-state index is 12.8. The summed E-state index contributed by atoms with van der Waals surface area (Å²) in [5.74, 6) is 0.0904. The molecular formula is C23H35N5O4S. The molecule has 0 aromatic heterocycles. The van der Waals surface area contributed by atoms with Crippen molar-refractivity contribution in [2.75, 3.05) is 70.8 Å². The van der Waals surface area contributed by atoms with Crippen molar-refractivity contribution in [3.63, 3.8) is 0 Å². The molecule has 0 spiro atoms. The maximum Gasteiger partial charge on any atom is 0.243 e. The second-order valence-electron chi connectivity index (χ2n) is 9.18. The third kappa shape index (κ3) is 6.32. The number of nitrogens with zero attached hydrogens (tertiary/aromatic N) is 4. The van der Waals surface area contributed by atoms with E-state index >= 15 is 0 Å². The summed E-state index contributed by atoms with van der Waals surface area (Å²) in [4.78, 5) is 31.3. The van der Waals surface area contributed by atoms with Gasteiger partial charge < -0.3 is 10.2 Å². The van der Waals surface area contributed by atoms with Crippen molar-refractivity contribution in [2.24, 2.45) is 0 Å². The topological polar surface area (TPSA) is 93.3 Å². The van der Waals surface area contributed by atoms with Crippen LogP contribution in [0.25, 0.3) is 0 Å². The largest absolute Gasteiger partial charge is 0.342 e. The minimum absolute atomic E-state index is 0.122. The summed E-state index contributed by atoms with van der Waals surface area (Å²) in [6.45, 7) is 6.68. The first-order chi connectivity index (χ1) is 15.9. The van der Waals surface area contributed by atoms with E-state index in [9.17, 15) is 18.0 Å². The lowest BCUT2D eigenvalue weighted by atomic mass is 10.2. The van der Waals surface area contributed by atoms with E-state index in [0.717, 1.165) is 71.4 Å². The molecule has 0 bridgehead atoms. The molecule has 4 rings (SSSR count). The monoisotopic (exact) mass is 477 g/mol. The molecule has 182 valence electrons. The van der Waals surface area contributed by atoms with Gasteiger partial charge >= 0.3 is 0 Å². The predicted octanol–water partition coefficient (Wildman–Crippen LogP) is 1.04. The lowest BCUT2D eigenvalue weighted by Gasteiger charge is -2.34. The zero-order chi connectivity index (χ0) is 23.3. The van der Waals surface area contributed by atoms with E-state index in [-0.39, 0.29) is 23.3 Å². The van der Waals surface area contributed by atoms with Crippen LogP contribution in [-0.2, 0) is 19.6 Å². The van der Waals surface area contributed by atoms with Crippen molar-refractivity contribution < 1.29 is 18.0 Å². The van der Waals surface area contributed by atoms with E-state index in [1.165, 1.54) is 0 Å². The first-order valence-corrected chi connectivity index (χ1v) is 13.5. The number of hydrogen-bond donors (Lipinski definition) is 1. The van der Waals surface area contributed by atoms with Gasteiger partial charge in [-0.15, -0.1) is 0 Å². The minimum atomic E-state index is -3.47. The van der Waals surface area contributed by atoms with Crippen LogP contribution in [0.15, 0.2) is 29.2 Å². The van der Waals surface area contributed by atoms with Crippen LogP contribution >= 0.6 is 0 Å². The fraction of sp³-hybridized carbons (Fsp3) is 0.652. The van der Waals surface area contributed by atoms with Gasteiger partial charge in [0.05, 0.1) is 18.0 Å². The van der Waals surface area contributed by atoms with Crippen molar-refractivity contribution >= 4 is 27.5 Å². The second kappa shape index (κ2) is 10.9. The normalized spacial score (nSPS) is 21.3. The molecule has 33 heavy (non-hydrogen) atoms. The minimum Gasteiger partial charge on any atom is -0.342 e. The first-order valence-electron chi connectivity index (χ1n) is 12.0. The first kappa shape index (κ1) is 24.1. The summed E-state index contributed by atoms with van der Waals surface area (Å²) in [7, 11) is -3.47. The smallest absolute Gasteiger partial charge is 0.243 e. The van der Waals surface area contributed by atoms with Crippen LogP contribution in [0.4, 0.5) is 5.69 Å². The molecule has 1 aromatic rings. The number of benzene rings is 1. The number of carbonyl (C=O) groups excluding carboxylic acids is 2. The van der Waals surface area contributed by atoms with Crippen LogP contribution in [0, 0.1) is 0 Å². The average Bonchev–Trinajstić information content (AvgIpc) is 3.37. The van der Waals surface area contributed by atoms with Crippen LogP contribution < -0.4 is 5.32 Å². The van der Waals surface area contributed by atoms with Crippen LogP contribution in [0.1, 0.15) is 32.1 Å². The van der Waals surface area contributed by atoms with Gasteiger partial charge in [0.25, 0.3) is 0 Å². The molecule has 0 atom stereocenters. The Labute approximate surface area is 196 Å². The molecule has 3 aliphatic heterocycles. The van der Waals surface area contributed by atoms with Gasteiger partial charge in [0.15, 0.2) is 0 Å². The Hall–Kier alpha value is -2.01. The Morgan fingerprint density at radius 1 is 0.727 bits per heavy atom. The van der Waals surface area contributed by atoms with Crippen molar-refractivity contribution in [3.05, 3.63) is 24.3 Å². The number of amides is 2. The molecule has 1 aromatic carbocycles. The van der Waals surface area contributed by atoms with Crippen LogP contribution in [0.5, 0.6) is 0 Å². The summed E-state index contributed by atoms with van der Waals surface area (Å²) in [5, 5.41) is 2.86. The quantitative estimate of drug-likeness (QED) is 0.631. The van der Waals surface area contributed by atoms with Gasteiger partial charge in [-0.3, -0.25) is 19.4 Å². The highest BCUT2D eigenvalue weighted by Crippen LogP contribution is 2.22. The fourth-order valence-electron chi connectivity index (χ4n) is 4.73. The SMILES string of the molecule is O=C(CN1CCN(CC(=O)N2CCCC2)CC1)Nc1ccc(S(=O)(=O)N2CCCCC2)cc1. The summed E-state index contributed by atoms with van der Waals surface area (Å²) >= 11 is 0. The summed E-state index contributed by atoms with van der Waals surface area (Å²) in [5.41, 5.74) is 0.590. The molecule has 0 radical (unpaired) electrons. The number of piperazine rings is 1. The number of carbonyl (C=O) groups is 2. The van der Waals surface area contributed by atoms with E-state index in [1.54, 1.807) is 28.6 Å². The highest BCUT2D eigenvalue weighted by molar-refractivity contribution is 7.89. The Morgan fingerprint density at radius 3 is 1.88 bits per heavy atom. The van der Waals surface area contributed by atoms with E-state index in [2.05, 4.69) is 15.1 Å². The Kier molecular flexibility index (Phi) is 8.00. The molecule has 2 amide bonds. The number of nitrogens with one attached hydrogen (secondary N) is 1. The molecule has 3 saturated heterocycles. The highest BCUT2D eigenvalue weighted by atomic mass is 32.2. The number of sulfonamides is 1. The van der Waals surface area contributed by atoms with Crippen molar-refractivity contribution in [3.8, 4) is 0 Å². The van der Waals surface area contributed by atoms with Gasteiger partial charge in [0.1, 0.15) is 0 Å². The highest BCUT2D eigenvalue weighted by Gasteiger charge is 2.26. The van der Waals surface area contributed by atoms with Crippen molar-refractivity contribution in [2.45, 2.75) is 37.0 Å². The average molecular weight is 478 g/mol. The molecule has 9 nitrogen and oxygen atoms in total. The number of rotatable bonds is 7. The maximum absolute atomic E-state index is 12.8. The predicted molar refractivity (Wildman–Crippen MR) is 126 cm³/mol. The third-order valence-corrected chi connectivity index (χ3v) is 8.65. The van der Waals surface area contributed by atoms with Gasteiger partial charge in [-0.05, 0) is 49.9 Å². The molecule has 3 fully saturated rings. The van der Waals surface area contributed by atoms with Crippen molar-refractivity contribution in [1.82, 2.24) is 19.0 Å². The van der Waals surface area contributed by atoms with Crippen LogP contribution in [-0.4, -0.2) is 105 Å². The summed E-state index contributed by atoms with van der Waals surface area (Å²) < 4.78 is 27.1. The van der Waals surface area contributed by atoms with Gasteiger partial charge in [0, 0.05) is 58.0 Å². The lowest BCUT2D eigenvalue weighted by Crippen LogP contribution is -2.51. The van der Waals surface area contributed by atoms with Gasteiger partial charge in [0.2, 0.25) is 21.8 Å². The fourth-order valence-corrected chi connectivity index (χ4v) is 6.25. The molecule has 3 aliphatic rings. The molecular weight excluding hydrogens is 442 g/mol. The van der Waals surface area contributed by atoms with E-state index in [1.807, 2.05) is 4.90 Å².